The number of anilines is 6. The number of rotatable bonds is 6. The lowest BCUT2D eigenvalue weighted by Crippen LogP contribution is -2.26. The molecule has 4 heteroatoms. The number of nitrogens with zero attached hydrogens (tertiary/aromatic N) is 3. The summed E-state index contributed by atoms with van der Waals surface area (Å²) >= 11 is 1.95. The predicted octanol–water partition coefficient (Wildman–Crippen LogP) is 19.6. The van der Waals surface area contributed by atoms with E-state index >= 15 is 0 Å². The normalized spacial score (nSPS) is 13.4. The molecule has 2 aromatic heterocycles. The molecular weight excluding hydrogens is 915 g/mol. The minimum Gasteiger partial charge on any atom is -0.342 e. The van der Waals surface area contributed by atoms with Crippen molar-refractivity contribution in [2.45, 2.75) is 57.8 Å². The number of hydrogen-bond donors (Lipinski definition) is 0. The van der Waals surface area contributed by atoms with Crippen molar-refractivity contribution >= 4 is 87.4 Å². The van der Waals surface area contributed by atoms with Crippen molar-refractivity contribution in [3.63, 3.8) is 0 Å². The van der Waals surface area contributed by atoms with E-state index in [1.54, 1.807) is 0 Å². The number of aromatic nitrogens is 1. The van der Waals surface area contributed by atoms with Crippen LogP contribution in [0.15, 0.2) is 218 Å². The minimum atomic E-state index is -0.687. The number of benzene rings is 10. The molecule has 0 radical (unpaired) electrons. The summed E-state index contributed by atoms with van der Waals surface area (Å²) in [4.78, 5) is 5.06. The average molecular weight is 972 g/mol. The number of para-hydroxylation sites is 3. The lowest BCUT2D eigenvalue weighted by molar-refractivity contribution is 0.590. The van der Waals surface area contributed by atoms with E-state index < -0.39 is 5.41 Å². The summed E-state index contributed by atoms with van der Waals surface area (Å²) in [5.74, 6) is 0. The van der Waals surface area contributed by atoms with Crippen molar-refractivity contribution in [1.82, 2.24) is 4.57 Å². The van der Waals surface area contributed by atoms with Gasteiger partial charge >= 0.3 is 0 Å². The van der Waals surface area contributed by atoms with Gasteiger partial charge in [-0.05, 0) is 134 Å². The summed E-state index contributed by atoms with van der Waals surface area (Å²) in [6.07, 6.45) is 0. The minimum absolute atomic E-state index is 0.0109. The number of aryl methyl sites for hydroxylation is 1. The van der Waals surface area contributed by atoms with Crippen LogP contribution in [0.1, 0.15) is 74.9 Å². The fourth-order valence-electron chi connectivity index (χ4n) is 12.9. The Morgan fingerprint density at radius 2 is 0.851 bits per heavy atom. The van der Waals surface area contributed by atoms with Crippen LogP contribution in [0.4, 0.5) is 34.1 Å². The van der Waals surface area contributed by atoms with Gasteiger partial charge in [-0.1, -0.05) is 187 Å². The van der Waals surface area contributed by atoms with Crippen molar-refractivity contribution in [2.75, 3.05) is 9.80 Å². The Kier molecular flexibility index (Phi) is 9.72. The molecule has 74 heavy (non-hydrogen) atoms. The molecule has 10 aromatic carbocycles. The Morgan fingerprint density at radius 1 is 0.405 bits per heavy atom. The van der Waals surface area contributed by atoms with Gasteiger partial charge in [-0.25, -0.2) is 0 Å². The molecule has 0 N–H and O–H groups in total. The number of thiophene rings is 1. The van der Waals surface area contributed by atoms with Crippen LogP contribution in [-0.4, -0.2) is 4.57 Å². The molecule has 3 nitrogen and oxygen atoms in total. The number of fused-ring (bicyclic) bond motifs is 18. The zero-order valence-corrected chi connectivity index (χ0v) is 43.9. The van der Waals surface area contributed by atoms with E-state index in [1.807, 2.05) is 11.3 Å². The van der Waals surface area contributed by atoms with Crippen molar-refractivity contribution in [3.05, 3.63) is 252 Å². The quantitative estimate of drug-likeness (QED) is 0.164. The highest BCUT2D eigenvalue weighted by Gasteiger charge is 2.54. The second kappa shape index (κ2) is 16.2. The van der Waals surface area contributed by atoms with Gasteiger partial charge in [0.15, 0.2) is 0 Å². The SMILES string of the molecule is Cn1c2ccccc2c2c3c(cc(N(c4ccccc4)c4ccc(C(C)(C)C)cc4)c21)C1(c2ccccc2-c2ccccc21)c1cc(N(c2ccccc2)c2ccc(C(C)(C)C)cc2)c2c(sc4ccccc42)c1-3. The van der Waals surface area contributed by atoms with Gasteiger partial charge in [0.25, 0.3) is 0 Å². The van der Waals surface area contributed by atoms with Crippen LogP contribution in [0.3, 0.4) is 0 Å². The van der Waals surface area contributed by atoms with E-state index in [1.165, 1.54) is 103 Å². The van der Waals surface area contributed by atoms with Gasteiger partial charge in [0.1, 0.15) is 0 Å². The highest BCUT2D eigenvalue weighted by atomic mass is 32.1. The molecule has 1 spiro atoms. The Balaban J connectivity index is 1.19. The molecule has 0 saturated carbocycles. The molecule has 0 atom stereocenters. The van der Waals surface area contributed by atoms with E-state index in [4.69, 9.17) is 0 Å². The molecule has 14 rings (SSSR count). The summed E-state index contributed by atoms with van der Waals surface area (Å²) in [7, 11) is 2.28. The Bertz CT molecular complexity index is 4160. The van der Waals surface area contributed by atoms with Crippen LogP contribution in [0.2, 0.25) is 0 Å². The second-order valence-electron chi connectivity index (χ2n) is 22.5. The van der Waals surface area contributed by atoms with Crippen LogP contribution in [0.25, 0.3) is 64.2 Å². The fourth-order valence-corrected chi connectivity index (χ4v) is 14.2. The van der Waals surface area contributed by atoms with E-state index in [2.05, 4.69) is 281 Å². The van der Waals surface area contributed by atoms with E-state index in [9.17, 15) is 0 Å². The summed E-state index contributed by atoms with van der Waals surface area (Å²) in [5.41, 5.74) is 21.7. The Morgan fingerprint density at radius 3 is 1.42 bits per heavy atom. The van der Waals surface area contributed by atoms with Gasteiger partial charge in [0, 0.05) is 71.8 Å². The Labute approximate surface area is 438 Å². The highest BCUT2D eigenvalue weighted by Crippen LogP contribution is 2.68. The first-order chi connectivity index (χ1) is 35.9. The molecule has 2 heterocycles. The van der Waals surface area contributed by atoms with E-state index in [-0.39, 0.29) is 10.8 Å². The maximum Gasteiger partial charge on any atom is 0.0740 e. The number of hydrogen-bond acceptors (Lipinski definition) is 3. The molecule has 0 bridgehead atoms. The van der Waals surface area contributed by atoms with Gasteiger partial charge in [0.2, 0.25) is 0 Å². The zero-order chi connectivity index (χ0) is 50.3. The summed E-state index contributed by atoms with van der Waals surface area (Å²) < 4.78 is 5.06. The lowest BCUT2D eigenvalue weighted by Gasteiger charge is -2.34. The largest absolute Gasteiger partial charge is 0.342 e. The molecule has 0 unspecified atom stereocenters. The topological polar surface area (TPSA) is 11.4 Å². The Hall–Kier alpha value is -8.18. The highest BCUT2D eigenvalue weighted by molar-refractivity contribution is 7.26. The first kappa shape index (κ1) is 44.5. The fraction of sp³-hybridized carbons (Fsp3) is 0.143. The first-order valence-electron chi connectivity index (χ1n) is 26.1. The molecule has 12 aromatic rings. The maximum absolute atomic E-state index is 2.62. The molecule has 0 aliphatic heterocycles. The van der Waals surface area contributed by atoms with Crippen molar-refractivity contribution in [2.24, 2.45) is 7.05 Å². The smallest absolute Gasteiger partial charge is 0.0740 e. The van der Waals surface area contributed by atoms with Crippen LogP contribution in [-0.2, 0) is 23.3 Å². The molecular formula is C70H57N3S. The molecule has 2 aliphatic rings. The monoisotopic (exact) mass is 971 g/mol. The maximum atomic E-state index is 2.62. The van der Waals surface area contributed by atoms with E-state index in [0.29, 0.717) is 0 Å². The third-order valence-corrected chi connectivity index (χ3v) is 17.5. The van der Waals surface area contributed by atoms with Gasteiger partial charge in [-0.15, -0.1) is 11.3 Å². The third kappa shape index (κ3) is 6.31. The third-order valence-electron chi connectivity index (χ3n) is 16.3. The summed E-state index contributed by atoms with van der Waals surface area (Å²) in [6, 6.07) is 82.7. The van der Waals surface area contributed by atoms with Crippen LogP contribution in [0.5, 0.6) is 0 Å². The summed E-state index contributed by atoms with van der Waals surface area (Å²) in [6.45, 7) is 13.8. The summed E-state index contributed by atoms with van der Waals surface area (Å²) in [5, 5.41) is 5.09. The lowest BCUT2D eigenvalue weighted by atomic mass is 9.70. The van der Waals surface area contributed by atoms with Crippen LogP contribution < -0.4 is 9.80 Å². The zero-order valence-electron chi connectivity index (χ0n) is 43.0. The van der Waals surface area contributed by atoms with Crippen molar-refractivity contribution < 1.29 is 0 Å². The van der Waals surface area contributed by atoms with Gasteiger partial charge in [-0.2, -0.15) is 0 Å². The molecule has 0 fully saturated rings. The molecule has 2 aliphatic carbocycles. The van der Waals surface area contributed by atoms with Gasteiger partial charge in [0.05, 0.1) is 22.3 Å². The first-order valence-corrected chi connectivity index (χ1v) is 26.9. The second-order valence-corrected chi connectivity index (χ2v) is 23.6. The molecule has 358 valence electrons. The standard InChI is InChI=1S/C70H57N3S/c1-68(2,3)44-34-38-48(39-35-44)72(46-22-10-8-11-23-46)59-42-57-65(67-62(59)53-29-17-21-33-61(53)74-67)64-56(70(57)54-30-18-14-26-50(54)51-27-15-19-31-55(51)70)43-60(66-63(64)52-28-16-20-32-58(52)71(66)7)73(47-24-12-9-13-25-47)49-40-36-45(37-41-49)69(4,5)6/h8-43H,1-7H3. The predicted molar refractivity (Wildman–Crippen MR) is 316 cm³/mol. The van der Waals surface area contributed by atoms with Crippen LogP contribution in [0, 0.1) is 0 Å². The van der Waals surface area contributed by atoms with Crippen molar-refractivity contribution in [3.8, 4) is 22.3 Å². The van der Waals surface area contributed by atoms with E-state index in [0.717, 1.165) is 28.4 Å². The average Bonchev–Trinajstić information content (AvgIpc) is 4.20. The van der Waals surface area contributed by atoms with Crippen molar-refractivity contribution in [1.29, 1.82) is 0 Å². The molecule has 0 amide bonds. The van der Waals surface area contributed by atoms with Gasteiger partial charge < -0.3 is 14.4 Å². The van der Waals surface area contributed by atoms with Crippen LogP contribution >= 0.6 is 11.3 Å². The van der Waals surface area contributed by atoms with Gasteiger partial charge in [-0.3, -0.25) is 0 Å². The molecule has 0 saturated heterocycles.